The lowest BCUT2D eigenvalue weighted by Crippen LogP contribution is -2.15. The van der Waals surface area contributed by atoms with Crippen molar-refractivity contribution >= 4 is 23.5 Å². The summed E-state index contributed by atoms with van der Waals surface area (Å²) in [5.74, 6) is -0.320. The number of aromatic nitrogens is 3. The Kier molecular flexibility index (Phi) is 4.33. The molecule has 1 heterocycles. The quantitative estimate of drug-likeness (QED) is 0.687. The maximum absolute atomic E-state index is 12.3. The maximum Gasteiger partial charge on any atom is 0.258 e. The van der Waals surface area contributed by atoms with Gasteiger partial charge in [0, 0.05) is 16.8 Å². The van der Waals surface area contributed by atoms with Crippen LogP contribution in [-0.4, -0.2) is 27.0 Å². The van der Waals surface area contributed by atoms with Gasteiger partial charge in [-0.2, -0.15) is 10.1 Å². The molecule has 2 amide bonds. The van der Waals surface area contributed by atoms with Crippen molar-refractivity contribution in [3.63, 3.8) is 0 Å². The third kappa shape index (κ3) is 3.64. The molecule has 120 valence electrons. The Morgan fingerprint density at radius 1 is 0.958 bits per heavy atom. The molecule has 3 N–H and O–H groups in total. The second-order valence-electron chi connectivity index (χ2n) is 5.19. The van der Waals surface area contributed by atoms with Crippen molar-refractivity contribution in [3.05, 3.63) is 71.5 Å². The van der Waals surface area contributed by atoms with Crippen molar-refractivity contribution in [1.29, 1.82) is 0 Å². The first-order valence-corrected chi connectivity index (χ1v) is 7.26. The molecule has 0 atom stereocenters. The van der Waals surface area contributed by atoms with E-state index in [-0.39, 0.29) is 17.8 Å². The summed E-state index contributed by atoms with van der Waals surface area (Å²) in [5, 5.41) is 11.6. The summed E-state index contributed by atoms with van der Waals surface area (Å²) in [4.78, 5) is 28.3. The van der Waals surface area contributed by atoms with E-state index in [0.717, 1.165) is 5.56 Å². The number of rotatable bonds is 4. The largest absolute Gasteiger partial charge is 0.322 e. The van der Waals surface area contributed by atoms with Crippen LogP contribution in [0.5, 0.6) is 0 Å². The highest BCUT2D eigenvalue weighted by Crippen LogP contribution is 2.14. The van der Waals surface area contributed by atoms with Crippen LogP contribution >= 0.6 is 0 Å². The zero-order valence-electron chi connectivity index (χ0n) is 12.9. The van der Waals surface area contributed by atoms with Crippen molar-refractivity contribution in [1.82, 2.24) is 15.2 Å². The van der Waals surface area contributed by atoms with Crippen molar-refractivity contribution < 1.29 is 9.59 Å². The SMILES string of the molecule is Cc1cccc(C(=O)Nc2cccc(C(=O)Nc3ncn[nH]3)c2)c1. The molecule has 0 fully saturated rings. The normalized spacial score (nSPS) is 10.2. The zero-order valence-corrected chi connectivity index (χ0v) is 12.9. The van der Waals surface area contributed by atoms with E-state index < -0.39 is 0 Å². The third-order valence-electron chi connectivity index (χ3n) is 3.31. The Morgan fingerprint density at radius 2 is 1.67 bits per heavy atom. The number of benzene rings is 2. The van der Waals surface area contributed by atoms with Gasteiger partial charge in [0.05, 0.1) is 0 Å². The number of aryl methyl sites for hydroxylation is 1. The van der Waals surface area contributed by atoms with E-state index in [2.05, 4.69) is 25.8 Å². The standard InChI is InChI=1S/C17H15N5O2/c1-11-4-2-5-12(8-11)15(23)20-14-7-3-6-13(9-14)16(24)21-17-18-10-19-22-17/h2-10H,1H3,(H,20,23)(H2,18,19,21,22,24). The van der Waals surface area contributed by atoms with Crippen molar-refractivity contribution in [3.8, 4) is 0 Å². The second kappa shape index (κ2) is 6.74. The number of amides is 2. The molecule has 3 rings (SSSR count). The van der Waals surface area contributed by atoms with Crippen molar-refractivity contribution in [2.75, 3.05) is 10.6 Å². The van der Waals surface area contributed by atoms with Gasteiger partial charge in [-0.25, -0.2) is 5.10 Å². The van der Waals surface area contributed by atoms with Crippen LogP contribution in [0, 0.1) is 6.92 Å². The number of carbonyl (C=O) groups is 2. The van der Waals surface area contributed by atoms with Crippen LogP contribution in [0.1, 0.15) is 26.3 Å². The Hall–Kier alpha value is -3.48. The molecule has 0 saturated heterocycles. The number of carbonyl (C=O) groups excluding carboxylic acids is 2. The monoisotopic (exact) mass is 321 g/mol. The summed E-state index contributed by atoms with van der Waals surface area (Å²) in [6, 6.07) is 13.9. The average molecular weight is 321 g/mol. The molecule has 0 unspecified atom stereocenters. The first-order valence-electron chi connectivity index (χ1n) is 7.26. The Morgan fingerprint density at radius 3 is 2.38 bits per heavy atom. The molecule has 0 aliphatic rings. The van der Waals surface area contributed by atoms with Gasteiger partial charge in [-0.05, 0) is 37.3 Å². The number of nitrogens with zero attached hydrogens (tertiary/aromatic N) is 2. The van der Waals surface area contributed by atoms with Gasteiger partial charge < -0.3 is 5.32 Å². The molecule has 0 radical (unpaired) electrons. The van der Waals surface area contributed by atoms with Crippen LogP contribution in [0.4, 0.5) is 11.6 Å². The predicted octanol–water partition coefficient (Wildman–Crippen LogP) is 2.62. The van der Waals surface area contributed by atoms with Crippen LogP contribution in [0.3, 0.4) is 0 Å². The first-order chi connectivity index (χ1) is 11.6. The lowest BCUT2D eigenvalue weighted by atomic mass is 10.1. The van der Waals surface area contributed by atoms with Crippen LogP contribution < -0.4 is 10.6 Å². The minimum absolute atomic E-state index is 0.230. The van der Waals surface area contributed by atoms with Crippen LogP contribution in [0.25, 0.3) is 0 Å². The Balaban J connectivity index is 1.73. The van der Waals surface area contributed by atoms with E-state index in [4.69, 9.17) is 0 Å². The topological polar surface area (TPSA) is 99.8 Å². The van der Waals surface area contributed by atoms with Gasteiger partial charge in [-0.15, -0.1) is 0 Å². The molecular weight excluding hydrogens is 306 g/mol. The second-order valence-corrected chi connectivity index (χ2v) is 5.19. The number of aromatic amines is 1. The predicted molar refractivity (Wildman–Crippen MR) is 89.9 cm³/mol. The fourth-order valence-corrected chi connectivity index (χ4v) is 2.17. The third-order valence-corrected chi connectivity index (χ3v) is 3.31. The molecule has 0 bridgehead atoms. The maximum atomic E-state index is 12.3. The summed E-state index contributed by atoms with van der Waals surface area (Å²) in [6.45, 7) is 1.92. The van der Waals surface area contributed by atoms with E-state index in [9.17, 15) is 9.59 Å². The van der Waals surface area contributed by atoms with Gasteiger partial charge >= 0.3 is 0 Å². The molecule has 24 heavy (non-hydrogen) atoms. The number of hydrogen-bond donors (Lipinski definition) is 3. The summed E-state index contributed by atoms with van der Waals surface area (Å²) in [6.07, 6.45) is 1.30. The van der Waals surface area contributed by atoms with Crippen molar-refractivity contribution in [2.45, 2.75) is 6.92 Å². The molecule has 0 spiro atoms. The van der Waals surface area contributed by atoms with E-state index >= 15 is 0 Å². The number of nitrogens with one attached hydrogen (secondary N) is 3. The van der Waals surface area contributed by atoms with Crippen LogP contribution in [0.2, 0.25) is 0 Å². The molecule has 0 aliphatic heterocycles. The average Bonchev–Trinajstić information content (AvgIpc) is 3.08. The molecule has 3 aromatic rings. The highest BCUT2D eigenvalue weighted by atomic mass is 16.2. The summed E-state index contributed by atoms with van der Waals surface area (Å²) < 4.78 is 0. The molecule has 7 nitrogen and oxygen atoms in total. The van der Waals surface area contributed by atoms with Gasteiger partial charge in [-0.1, -0.05) is 23.8 Å². The minimum atomic E-state index is -0.349. The van der Waals surface area contributed by atoms with E-state index in [1.807, 2.05) is 19.1 Å². The molecular formula is C17H15N5O2. The highest BCUT2D eigenvalue weighted by molar-refractivity contribution is 6.07. The van der Waals surface area contributed by atoms with Gasteiger partial charge in [0.2, 0.25) is 5.95 Å². The molecule has 0 aliphatic carbocycles. The van der Waals surface area contributed by atoms with Crippen LogP contribution in [-0.2, 0) is 0 Å². The number of anilines is 2. The highest BCUT2D eigenvalue weighted by Gasteiger charge is 2.10. The zero-order chi connectivity index (χ0) is 16.9. The summed E-state index contributed by atoms with van der Waals surface area (Å²) >= 11 is 0. The van der Waals surface area contributed by atoms with Gasteiger partial charge in [0.25, 0.3) is 11.8 Å². The fraction of sp³-hybridized carbons (Fsp3) is 0.0588. The summed E-state index contributed by atoms with van der Waals surface area (Å²) in [5.41, 5.74) is 2.49. The fourth-order valence-electron chi connectivity index (χ4n) is 2.17. The minimum Gasteiger partial charge on any atom is -0.322 e. The van der Waals surface area contributed by atoms with Crippen molar-refractivity contribution in [2.24, 2.45) is 0 Å². The molecule has 7 heteroatoms. The van der Waals surface area contributed by atoms with Gasteiger partial charge in [-0.3, -0.25) is 14.9 Å². The number of H-pyrrole nitrogens is 1. The van der Waals surface area contributed by atoms with E-state index in [1.54, 1.807) is 36.4 Å². The number of hydrogen-bond acceptors (Lipinski definition) is 4. The Bertz CT molecular complexity index is 874. The lowest BCUT2D eigenvalue weighted by molar-refractivity contribution is 0.101. The van der Waals surface area contributed by atoms with E-state index in [1.165, 1.54) is 6.33 Å². The molecule has 0 saturated carbocycles. The van der Waals surface area contributed by atoms with Crippen LogP contribution in [0.15, 0.2) is 54.9 Å². The molecule has 1 aromatic heterocycles. The lowest BCUT2D eigenvalue weighted by Gasteiger charge is -2.08. The molecule has 2 aromatic carbocycles. The Labute approximate surface area is 138 Å². The van der Waals surface area contributed by atoms with Gasteiger partial charge in [0.1, 0.15) is 6.33 Å². The summed E-state index contributed by atoms with van der Waals surface area (Å²) in [7, 11) is 0. The van der Waals surface area contributed by atoms with Gasteiger partial charge in [0.15, 0.2) is 0 Å². The van der Waals surface area contributed by atoms with E-state index in [0.29, 0.717) is 16.8 Å². The smallest absolute Gasteiger partial charge is 0.258 e. The first kappa shape index (κ1) is 15.4.